The van der Waals surface area contributed by atoms with Gasteiger partial charge in [-0.05, 0) is 54.9 Å². The number of benzene rings is 3. The van der Waals surface area contributed by atoms with Gasteiger partial charge in [0.2, 0.25) is 0 Å². The van der Waals surface area contributed by atoms with Crippen LogP contribution >= 0.6 is 0 Å². The Morgan fingerprint density at radius 3 is 1.92 bits per heavy atom. The van der Waals surface area contributed by atoms with Crippen LogP contribution in [0.1, 0.15) is 102 Å². The minimum atomic E-state index is -0.546. The average Bonchev–Trinajstić information content (AvgIpc) is 3.13. The number of unbranched alkanes of at least 4 members (excludes halogenated alkanes) is 3. The third kappa shape index (κ3) is 14.0. The molecule has 0 saturated carbocycles. The van der Waals surface area contributed by atoms with Crippen molar-refractivity contribution in [1.82, 2.24) is 0 Å². The zero-order chi connectivity index (χ0) is 35.0. The highest BCUT2D eigenvalue weighted by atomic mass is 16.5. The SMILES string of the molecule is CCCCC(CC)COC(=O)C(C#N)=C(c1ccccc1)c1ccccc1.CCCCCC(CC)OC(=O)/C=C/c1ccccc1OC. The lowest BCUT2D eigenvalue weighted by Gasteiger charge is -2.16. The molecule has 6 nitrogen and oxygen atoms in total. The van der Waals surface area contributed by atoms with E-state index in [1.54, 1.807) is 13.2 Å². The lowest BCUT2D eigenvalue weighted by molar-refractivity contribution is -0.143. The number of esters is 2. The lowest BCUT2D eigenvalue weighted by atomic mass is 9.93. The Hall–Kier alpha value is -4.63. The molecule has 0 aliphatic heterocycles. The van der Waals surface area contributed by atoms with E-state index in [1.807, 2.05) is 91.9 Å². The number of nitrogens with zero attached hydrogens (tertiary/aromatic N) is 1. The molecule has 256 valence electrons. The van der Waals surface area contributed by atoms with E-state index in [-0.39, 0.29) is 17.6 Å². The zero-order valence-corrected chi connectivity index (χ0v) is 29.5. The van der Waals surface area contributed by atoms with Gasteiger partial charge in [0.15, 0.2) is 0 Å². The highest BCUT2D eigenvalue weighted by Crippen LogP contribution is 2.28. The third-order valence-corrected chi connectivity index (χ3v) is 8.09. The van der Waals surface area contributed by atoms with Crippen molar-refractivity contribution >= 4 is 23.6 Å². The third-order valence-electron chi connectivity index (χ3n) is 8.09. The molecule has 6 heteroatoms. The molecule has 0 aromatic heterocycles. The maximum Gasteiger partial charge on any atom is 0.349 e. The Bertz CT molecular complexity index is 1410. The first-order chi connectivity index (χ1) is 23.4. The van der Waals surface area contributed by atoms with Gasteiger partial charge in [-0.15, -0.1) is 0 Å². The summed E-state index contributed by atoms with van der Waals surface area (Å²) >= 11 is 0. The van der Waals surface area contributed by atoms with Crippen molar-refractivity contribution in [3.63, 3.8) is 0 Å². The Morgan fingerprint density at radius 1 is 0.771 bits per heavy atom. The van der Waals surface area contributed by atoms with Crippen molar-refractivity contribution in [3.05, 3.63) is 113 Å². The molecule has 48 heavy (non-hydrogen) atoms. The van der Waals surface area contributed by atoms with Crippen molar-refractivity contribution < 1.29 is 23.8 Å². The van der Waals surface area contributed by atoms with Gasteiger partial charge in [-0.1, -0.05) is 139 Å². The van der Waals surface area contributed by atoms with E-state index < -0.39 is 5.97 Å². The number of hydrogen-bond donors (Lipinski definition) is 0. The van der Waals surface area contributed by atoms with Crippen molar-refractivity contribution in [3.8, 4) is 11.8 Å². The molecule has 0 aliphatic rings. The van der Waals surface area contributed by atoms with Crippen LogP contribution in [-0.2, 0) is 19.1 Å². The first kappa shape index (κ1) is 39.5. The molecule has 0 amide bonds. The molecule has 2 atom stereocenters. The van der Waals surface area contributed by atoms with Gasteiger partial charge in [-0.25, -0.2) is 9.59 Å². The van der Waals surface area contributed by atoms with Gasteiger partial charge in [0.05, 0.1) is 13.7 Å². The van der Waals surface area contributed by atoms with Crippen molar-refractivity contribution in [2.24, 2.45) is 5.92 Å². The van der Waals surface area contributed by atoms with E-state index in [2.05, 4.69) is 26.8 Å². The number of ether oxygens (including phenoxy) is 3. The standard InChI is InChI=1S/C24H27NO2.C18H26O3/c1-3-5-12-19(4-2)18-27-24(26)22(17-25)23(20-13-8-6-9-14-20)21-15-10-7-11-16-21;1-4-6-7-11-16(5-2)21-18(19)14-13-15-10-8-9-12-17(15)20-3/h6-11,13-16,19H,3-5,12,18H2,1-2H3;8-10,12-14,16H,4-7,11H2,1-3H3/b;14-13+. The second-order valence-corrected chi connectivity index (χ2v) is 11.6. The van der Waals surface area contributed by atoms with Gasteiger partial charge >= 0.3 is 11.9 Å². The topological polar surface area (TPSA) is 85.6 Å². The first-order valence-electron chi connectivity index (χ1n) is 17.4. The van der Waals surface area contributed by atoms with E-state index in [1.165, 1.54) is 18.9 Å². The second kappa shape index (κ2) is 23.7. The summed E-state index contributed by atoms with van der Waals surface area (Å²) in [6.45, 7) is 8.84. The molecule has 3 rings (SSSR count). The van der Waals surface area contributed by atoms with Crippen LogP contribution in [0.5, 0.6) is 5.75 Å². The summed E-state index contributed by atoms with van der Waals surface area (Å²) in [5.74, 6) is 0.252. The molecule has 0 radical (unpaired) electrons. The Morgan fingerprint density at radius 2 is 1.38 bits per heavy atom. The summed E-state index contributed by atoms with van der Waals surface area (Å²) in [5.41, 5.74) is 3.20. The Kier molecular flexibility index (Phi) is 19.5. The summed E-state index contributed by atoms with van der Waals surface area (Å²) in [7, 11) is 1.62. The Balaban J connectivity index is 0.000000345. The second-order valence-electron chi connectivity index (χ2n) is 11.6. The maximum absolute atomic E-state index is 12.8. The van der Waals surface area contributed by atoms with Crippen LogP contribution in [-0.4, -0.2) is 31.8 Å². The van der Waals surface area contributed by atoms with E-state index in [4.69, 9.17) is 14.2 Å². The van der Waals surface area contributed by atoms with Crippen LogP contribution in [0.15, 0.2) is 96.6 Å². The first-order valence-corrected chi connectivity index (χ1v) is 17.4. The number of methoxy groups -OCH3 is 1. The van der Waals surface area contributed by atoms with Gasteiger partial charge < -0.3 is 14.2 Å². The van der Waals surface area contributed by atoms with Gasteiger partial charge in [0, 0.05) is 17.2 Å². The molecule has 2 unspecified atom stereocenters. The normalized spacial score (nSPS) is 11.8. The molecule has 0 heterocycles. The van der Waals surface area contributed by atoms with Crippen LogP contribution in [0.25, 0.3) is 11.6 Å². The fraction of sp³-hybridized carbons (Fsp3) is 0.405. The Labute approximate surface area is 288 Å². The molecular weight excluding hydrogens is 598 g/mol. The van der Waals surface area contributed by atoms with Gasteiger partial charge in [0.1, 0.15) is 23.5 Å². The number of nitriles is 1. The predicted octanol–water partition coefficient (Wildman–Crippen LogP) is 10.4. The van der Waals surface area contributed by atoms with Crippen LogP contribution < -0.4 is 4.74 Å². The van der Waals surface area contributed by atoms with Crippen LogP contribution in [0.2, 0.25) is 0 Å². The number of carbonyl (C=O) groups is 2. The zero-order valence-electron chi connectivity index (χ0n) is 29.5. The monoisotopic (exact) mass is 651 g/mol. The van der Waals surface area contributed by atoms with Gasteiger partial charge in [0.25, 0.3) is 0 Å². The molecule has 0 N–H and O–H groups in total. The van der Waals surface area contributed by atoms with E-state index in [0.717, 1.165) is 67.4 Å². The predicted molar refractivity (Wildman–Crippen MR) is 195 cm³/mol. The smallest absolute Gasteiger partial charge is 0.349 e. The maximum atomic E-state index is 12.8. The van der Waals surface area contributed by atoms with Gasteiger partial charge in [-0.2, -0.15) is 5.26 Å². The molecule has 0 spiro atoms. The largest absolute Gasteiger partial charge is 0.496 e. The van der Waals surface area contributed by atoms with Crippen molar-refractivity contribution in [1.29, 1.82) is 5.26 Å². The summed E-state index contributed by atoms with van der Waals surface area (Å²) in [6, 6.07) is 28.7. The fourth-order valence-electron chi connectivity index (χ4n) is 5.17. The minimum Gasteiger partial charge on any atom is -0.496 e. The quantitative estimate of drug-likeness (QED) is 0.0589. The van der Waals surface area contributed by atoms with Crippen molar-refractivity contribution in [2.45, 2.75) is 91.6 Å². The summed E-state index contributed by atoms with van der Waals surface area (Å²) < 4.78 is 16.3. The van der Waals surface area contributed by atoms with E-state index in [9.17, 15) is 14.9 Å². The van der Waals surface area contributed by atoms with Crippen LogP contribution in [0.3, 0.4) is 0 Å². The molecule has 0 saturated heterocycles. The fourth-order valence-corrected chi connectivity index (χ4v) is 5.17. The number of rotatable bonds is 18. The summed E-state index contributed by atoms with van der Waals surface area (Å²) in [6.07, 6.45) is 12.7. The molecule has 0 fully saturated rings. The average molecular weight is 652 g/mol. The lowest BCUT2D eigenvalue weighted by Crippen LogP contribution is -2.16. The van der Waals surface area contributed by atoms with Crippen LogP contribution in [0.4, 0.5) is 0 Å². The summed E-state index contributed by atoms with van der Waals surface area (Å²) in [5, 5.41) is 9.74. The van der Waals surface area contributed by atoms with Crippen molar-refractivity contribution in [2.75, 3.05) is 13.7 Å². The number of carbonyl (C=O) groups excluding carboxylic acids is 2. The van der Waals surface area contributed by atoms with Gasteiger partial charge in [-0.3, -0.25) is 0 Å². The minimum absolute atomic E-state index is 0.0198. The highest BCUT2D eigenvalue weighted by molar-refractivity contribution is 6.05. The van der Waals surface area contributed by atoms with Crippen LogP contribution in [0, 0.1) is 17.2 Å². The molecule has 3 aromatic rings. The molecule has 0 aliphatic carbocycles. The molecule has 3 aromatic carbocycles. The van der Waals surface area contributed by atoms with E-state index >= 15 is 0 Å². The number of hydrogen-bond acceptors (Lipinski definition) is 6. The summed E-state index contributed by atoms with van der Waals surface area (Å²) in [4.78, 5) is 24.6. The number of para-hydroxylation sites is 1. The highest BCUT2D eigenvalue weighted by Gasteiger charge is 2.21. The molecular formula is C42H53NO5. The molecule has 0 bridgehead atoms. The van der Waals surface area contributed by atoms with E-state index in [0.29, 0.717) is 18.1 Å².